The van der Waals surface area contributed by atoms with Gasteiger partial charge >= 0.3 is 0 Å². The van der Waals surface area contributed by atoms with Crippen molar-refractivity contribution in [3.05, 3.63) is 39.6 Å². The fraction of sp³-hybridized carbons (Fsp3) is 0.400. The standard InChI is InChI=1S/C15H18Cl2FN/c1-3-5-6-12(15(17)14(19)4-2)11-8-7-10(16)9-13(11)18/h7-9,19H,3-6H2,1-2H3/b15-12-,19-14?. The topological polar surface area (TPSA) is 23.9 Å². The molecule has 0 radical (unpaired) electrons. The largest absolute Gasteiger partial charge is 0.304 e. The van der Waals surface area contributed by atoms with E-state index in [1.165, 1.54) is 6.07 Å². The second-order valence-electron chi connectivity index (χ2n) is 4.35. The van der Waals surface area contributed by atoms with Gasteiger partial charge in [-0.05, 0) is 37.0 Å². The molecule has 0 aliphatic rings. The van der Waals surface area contributed by atoms with Crippen LogP contribution in [0, 0.1) is 11.2 Å². The Hall–Kier alpha value is -0.860. The summed E-state index contributed by atoms with van der Waals surface area (Å²) >= 11 is 12.0. The highest BCUT2D eigenvalue weighted by atomic mass is 35.5. The third-order valence-corrected chi connectivity index (χ3v) is 3.61. The zero-order valence-electron chi connectivity index (χ0n) is 11.2. The highest BCUT2D eigenvalue weighted by Crippen LogP contribution is 2.31. The summed E-state index contributed by atoms with van der Waals surface area (Å²) in [7, 11) is 0. The van der Waals surface area contributed by atoms with E-state index in [1.807, 2.05) is 6.92 Å². The molecule has 0 spiro atoms. The number of halogens is 3. The predicted octanol–water partition coefficient (Wildman–Crippen LogP) is 6.05. The number of benzene rings is 1. The molecule has 0 bridgehead atoms. The van der Waals surface area contributed by atoms with E-state index in [2.05, 4.69) is 6.92 Å². The van der Waals surface area contributed by atoms with Crippen molar-refractivity contribution in [1.82, 2.24) is 0 Å². The molecule has 104 valence electrons. The van der Waals surface area contributed by atoms with Gasteiger partial charge in [-0.25, -0.2) is 4.39 Å². The molecule has 0 fully saturated rings. The summed E-state index contributed by atoms with van der Waals surface area (Å²) in [6.07, 6.45) is 3.09. The lowest BCUT2D eigenvalue weighted by Gasteiger charge is -2.12. The molecule has 1 aromatic rings. The Morgan fingerprint density at radius 1 is 1.32 bits per heavy atom. The van der Waals surface area contributed by atoms with E-state index in [0.717, 1.165) is 12.8 Å². The molecule has 19 heavy (non-hydrogen) atoms. The lowest BCUT2D eigenvalue weighted by molar-refractivity contribution is 0.622. The summed E-state index contributed by atoms with van der Waals surface area (Å²) in [5, 5.41) is 8.55. The van der Waals surface area contributed by atoms with Gasteiger partial charge in [0.25, 0.3) is 0 Å². The van der Waals surface area contributed by atoms with Crippen LogP contribution in [-0.2, 0) is 0 Å². The van der Waals surface area contributed by atoms with Gasteiger partial charge in [0.2, 0.25) is 0 Å². The molecule has 0 aliphatic carbocycles. The van der Waals surface area contributed by atoms with Gasteiger partial charge in [0, 0.05) is 16.3 Å². The minimum atomic E-state index is -0.388. The smallest absolute Gasteiger partial charge is 0.132 e. The van der Waals surface area contributed by atoms with Crippen LogP contribution in [0.1, 0.15) is 45.1 Å². The molecule has 0 aliphatic heterocycles. The fourth-order valence-electron chi connectivity index (χ4n) is 1.79. The van der Waals surface area contributed by atoms with Crippen LogP contribution >= 0.6 is 23.2 Å². The third kappa shape index (κ3) is 4.32. The van der Waals surface area contributed by atoms with E-state index >= 15 is 0 Å². The van der Waals surface area contributed by atoms with Crippen molar-refractivity contribution in [1.29, 1.82) is 5.41 Å². The summed E-state index contributed by atoms with van der Waals surface area (Å²) in [5.41, 5.74) is 1.48. The maximum Gasteiger partial charge on any atom is 0.132 e. The second kappa shape index (κ2) is 7.66. The van der Waals surface area contributed by atoms with Crippen molar-refractivity contribution in [2.75, 3.05) is 0 Å². The Morgan fingerprint density at radius 2 is 2.00 bits per heavy atom. The van der Waals surface area contributed by atoms with Crippen LogP contribution < -0.4 is 0 Å². The van der Waals surface area contributed by atoms with Gasteiger partial charge in [-0.2, -0.15) is 0 Å². The minimum absolute atomic E-state index is 0.335. The van der Waals surface area contributed by atoms with E-state index in [9.17, 15) is 4.39 Å². The molecular weight excluding hydrogens is 284 g/mol. The quantitative estimate of drug-likeness (QED) is 0.619. The molecule has 0 aromatic heterocycles. The molecule has 0 saturated carbocycles. The number of allylic oxidation sites excluding steroid dienone is 2. The normalized spacial score (nSPS) is 12.3. The van der Waals surface area contributed by atoms with E-state index < -0.39 is 0 Å². The Kier molecular flexibility index (Phi) is 6.53. The molecule has 0 heterocycles. The van der Waals surface area contributed by atoms with Gasteiger partial charge < -0.3 is 5.41 Å². The first-order chi connectivity index (χ1) is 9.01. The van der Waals surface area contributed by atoms with E-state index in [0.29, 0.717) is 39.7 Å². The average Bonchev–Trinajstić information content (AvgIpc) is 2.39. The first kappa shape index (κ1) is 16.2. The SMILES string of the molecule is CCCC/C(=C(/Cl)C(=N)CC)c1ccc(Cl)cc1F. The highest BCUT2D eigenvalue weighted by Gasteiger charge is 2.14. The Bertz CT molecular complexity index is 495. The summed E-state index contributed by atoms with van der Waals surface area (Å²) in [6, 6.07) is 4.56. The molecular formula is C15H18Cl2FN. The lowest BCUT2D eigenvalue weighted by Crippen LogP contribution is -2.00. The number of nitrogens with one attached hydrogen (secondary N) is 1. The van der Waals surface area contributed by atoms with Crippen molar-refractivity contribution in [3.8, 4) is 0 Å². The molecule has 1 nitrogen and oxygen atoms in total. The van der Waals surface area contributed by atoms with Crippen LogP contribution in [0.2, 0.25) is 5.02 Å². The van der Waals surface area contributed by atoms with Crippen molar-refractivity contribution >= 4 is 34.5 Å². The summed E-state index contributed by atoms with van der Waals surface area (Å²) in [6.45, 7) is 3.93. The maximum absolute atomic E-state index is 14.0. The summed E-state index contributed by atoms with van der Waals surface area (Å²) < 4.78 is 14.0. The zero-order chi connectivity index (χ0) is 14.4. The number of hydrogen-bond acceptors (Lipinski definition) is 1. The monoisotopic (exact) mass is 301 g/mol. The van der Waals surface area contributed by atoms with Crippen molar-refractivity contribution in [2.45, 2.75) is 39.5 Å². The van der Waals surface area contributed by atoms with Gasteiger partial charge in [-0.1, -0.05) is 49.5 Å². The Balaban J connectivity index is 3.27. The first-order valence-corrected chi connectivity index (χ1v) is 7.18. The average molecular weight is 302 g/mol. The summed E-state index contributed by atoms with van der Waals surface area (Å²) in [5.74, 6) is -0.388. The highest BCUT2D eigenvalue weighted by molar-refractivity contribution is 6.46. The zero-order valence-corrected chi connectivity index (χ0v) is 12.7. The number of rotatable bonds is 6. The minimum Gasteiger partial charge on any atom is -0.304 e. The third-order valence-electron chi connectivity index (χ3n) is 2.92. The second-order valence-corrected chi connectivity index (χ2v) is 5.17. The molecule has 1 aromatic carbocycles. The van der Waals surface area contributed by atoms with E-state index in [4.69, 9.17) is 28.6 Å². The van der Waals surface area contributed by atoms with Crippen LogP contribution in [0.3, 0.4) is 0 Å². The molecule has 0 saturated heterocycles. The molecule has 1 rings (SSSR count). The number of unbranched alkanes of at least 4 members (excludes halogenated alkanes) is 1. The Morgan fingerprint density at radius 3 is 2.53 bits per heavy atom. The molecule has 0 amide bonds. The van der Waals surface area contributed by atoms with Gasteiger partial charge in [0.05, 0.1) is 5.03 Å². The van der Waals surface area contributed by atoms with Crippen molar-refractivity contribution in [3.63, 3.8) is 0 Å². The van der Waals surface area contributed by atoms with Crippen LogP contribution in [0.4, 0.5) is 4.39 Å². The lowest BCUT2D eigenvalue weighted by atomic mass is 9.97. The Labute approximate surface area is 123 Å². The number of hydrogen-bond donors (Lipinski definition) is 1. The molecule has 0 unspecified atom stereocenters. The van der Waals surface area contributed by atoms with Crippen molar-refractivity contribution in [2.24, 2.45) is 0 Å². The van der Waals surface area contributed by atoms with Crippen molar-refractivity contribution < 1.29 is 4.39 Å². The molecule has 4 heteroatoms. The van der Waals surface area contributed by atoms with E-state index in [1.54, 1.807) is 12.1 Å². The first-order valence-electron chi connectivity index (χ1n) is 6.43. The van der Waals surface area contributed by atoms with Gasteiger partial charge in [-0.3, -0.25) is 0 Å². The molecule has 0 atom stereocenters. The maximum atomic E-state index is 14.0. The molecule has 1 N–H and O–H groups in total. The summed E-state index contributed by atoms with van der Waals surface area (Å²) in [4.78, 5) is 0. The fourth-order valence-corrected chi connectivity index (χ4v) is 2.28. The van der Waals surface area contributed by atoms with Crippen LogP contribution in [-0.4, -0.2) is 5.71 Å². The van der Waals surface area contributed by atoms with E-state index in [-0.39, 0.29) is 5.82 Å². The van der Waals surface area contributed by atoms with Crippen LogP contribution in [0.15, 0.2) is 23.2 Å². The van der Waals surface area contributed by atoms with Gasteiger partial charge in [0.15, 0.2) is 0 Å². The van der Waals surface area contributed by atoms with Gasteiger partial charge in [-0.15, -0.1) is 0 Å². The van der Waals surface area contributed by atoms with Crippen LogP contribution in [0.25, 0.3) is 5.57 Å². The predicted molar refractivity (Wildman–Crippen MR) is 81.7 cm³/mol. The van der Waals surface area contributed by atoms with Gasteiger partial charge in [0.1, 0.15) is 5.82 Å². The van der Waals surface area contributed by atoms with Crippen LogP contribution in [0.5, 0.6) is 0 Å².